The molecular weight excluding hydrogens is 363 g/mol. The van der Waals surface area contributed by atoms with Crippen LogP contribution in [0.5, 0.6) is 5.75 Å². The summed E-state index contributed by atoms with van der Waals surface area (Å²) in [5.41, 5.74) is 1.03. The van der Waals surface area contributed by atoms with Crippen LogP contribution in [-0.4, -0.2) is 7.11 Å². The van der Waals surface area contributed by atoms with Crippen molar-refractivity contribution in [3.8, 4) is 5.75 Å². The van der Waals surface area contributed by atoms with E-state index in [1.54, 1.807) is 7.11 Å². The fourth-order valence-corrected chi connectivity index (χ4v) is 3.88. The number of alkyl halides is 1. The molecule has 1 aliphatic carbocycles. The molecule has 1 aromatic carbocycles. The molecule has 0 amide bonds. The summed E-state index contributed by atoms with van der Waals surface area (Å²) in [5, 5.41) is 0. The molecule has 0 aromatic heterocycles. The van der Waals surface area contributed by atoms with Crippen molar-refractivity contribution >= 4 is 31.9 Å². The van der Waals surface area contributed by atoms with E-state index in [4.69, 9.17) is 4.74 Å². The molecule has 2 rings (SSSR count). The Kier molecular flexibility index (Phi) is 5.07. The molecule has 0 radical (unpaired) electrons. The molecule has 0 aliphatic heterocycles. The first-order valence-corrected chi connectivity index (χ1v) is 7.99. The molecule has 0 spiro atoms. The van der Waals surface area contributed by atoms with E-state index in [1.165, 1.54) is 31.7 Å². The fourth-order valence-electron chi connectivity index (χ4n) is 2.63. The van der Waals surface area contributed by atoms with Gasteiger partial charge in [-0.15, -0.1) is 0 Å². The zero-order chi connectivity index (χ0) is 13.1. The molecule has 4 heteroatoms. The second-order valence-electron chi connectivity index (χ2n) is 4.86. The first kappa shape index (κ1) is 14.3. The highest BCUT2D eigenvalue weighted by Gasteiger charge is 2.22. The van der Waals surface area contributed by atoms with Crippen molar-refractivity contribution in [3.05, 3.63) is 28.0 Å². The lowest BCUT2D eigenvalue weighted by molar-refractivity contribution is 0.401. The van der Waals surface area contributed by atoms with Crippen LogP contribution in [-0.2, 0) is 0 Å². The zero-order valence-electron chi connectivity index (χ0n) is 10.4. The van der Waals surface area contributed by atoms with Gasteiger partial charge in [-0.2, -0.15) is 0 Å². The van der Waals surface area contributed by atoms with E-state index in [-0.39, 0.29) is 10.6 Å². The predicted molar refractivity (Wildman–Crippen MR) is 78.9 cm³/mol. The summed E-state index contributed by atoms with van der Waals surface area (Å²) in [5.74, 6) is 1.12. The molecule has 18 heavy (non-hydrogen) atoms. The number of hydrogen-bond acceptors (Lipinski definition) is 1. The highest BCUT2D eigenvalue weighted by molar-refractivity contribution is 9.10. The Morgan fingerprint density at radius 2 is 2.06 bits per heavy atom. The first-order valence-electron chi connectivity index (χ1n) is 6.28. The molecular formula is C14H17Br2FO. The summed E-state index contributed by atoms with van der Waals surface area (Å²) in [6.07, 6.45) is 6.40. The molecule has 1 nitrogen and oxygen atoms in total. The van der Waals surface area contributed by atoms with Gasteiger partial charge >= 0.3 is 0 Å². The van der Waals surface area contributed by atoms with Crippen molar-refractivity contribution in [2.24, 2.45) is 5.92 Å². The van der Waals surface area contributed by atoms with Gasteiger partial charge in [-0.1, -0.05) is 41.6 Å². The van der Waals surface area contributed by atoms with Gasteiger partial charge in [0.2, 0.25) is 0 Å². The minimum atomic E-state index is -0.281. The van der Waals surface area contributed by atoms with Gasteiger partial charge in [0.25, 0.3) is 0 Å². The Labute approximate surface area is 124 Å². The van der Waals surface area contributed by atoms with Gasteiger partial charge in [-0.25, -0.2) is 4.39 Å². The van der Waals surface area contributed by atoms with Crippen LogP contribution in [0.15, 0.2) is 16.6 Å². The largest absolute Gasteiger partial charge is 0.496 e. The van der Waals surface area contributed by atoms with E-state index >= 15 is 0 Å². The second-order valence-corrected chi connectivity index (χ2v) is 6.82. The van der Waals surface area contributed by atoms with Crippen LogP contribution in [0.3, 0.4) is 0 Å². The molecule has 1 fully saturated rings. The van der Waals surface area contributed by atoms with Crippen LogP contribution in [0, 0.1) is 11.7 Å². The third kappa shape index (κ3) is 3.27. The van der Waals surface area contributed by atoms with Crippen LogP contribution >= 0.6 is 31.9 Å². The molecule has 1 aromatic rings. The lowest BCUT2D eigenvalue weighted by Gasteiger charge is -2.18. The van der Waals surface area contributed by atoms with Gasteiger partial charge in [0.05, 0.1) is 11.6 Å². The van der Waals surface area contributed by atoms with Crippen molar-refractivity contribution in [1.29, 1.82) is 0 Å². The van der Waals surface area contributed by atoms with Gasteiger partial charge in [0, 0.05) is 16.5 Å². The maximum Gasteiger partial charge on any atom is 0.141 e. The number of ether oxygens (including phenoxy) is 1. The molecule has 0 bridgehead atoms. The molecule has 1 aliphatic rings. The Morgan fingerprint density at radius 3 is 2.67 bits per heavy atom. The monoisotopic (exact) mass is 378 g/mol. The van der Waals surface area contributed by atoms with E-state index in [0.29, 0.717) is 10.2 Å². The van der Waals surface area contributed by atoms with E-state index in [9.17, 15) is 4.39 Å². The Balaban J connectivity index is 2.17. The topological polar surface area (TPSA) is 9.23 Å². The molecule has 0 saturated heterocycles. The second kappa shape index (κ2) is 6.38. The standard InChI is InChI=1S/C14H17Br2FO/c1-18-14-8-13(17)12(16)7-10(14)11(15)6-9-4-2-3-5-9/h7-9,11H,2-6H2,1H3. The smallest absolute Gasteiger partial charge is 0.141 e. The Morgan fingerprint density at radius 1 is 1.39 bits per heavy atom. The van der Waals surface area contributed by atoms with Gasteiger partial charge < -0.3 is 4.74 Å². The molecule has 0 heterocycles. The van der Waals surface area contributed by atoms with Crippen LogP contribution in [0.4, 0.5) is 4.39 Å². The zero-order valence-corrected chi connectivity index (χ0v) is 13.6. The Bertz CT molecular complexity index is 417. The maximum atomic E-state index is 13.5. The average Bonchev–Trinajstić information content (AvgIpc) is 2.84. The third-order valence-electron chi connectivity index (χ3n) is 3.63. The molecule has 0 N–H and O–H groups in total. The van der Waals surface area contributed by atoms with Gasteiger partial charge in [0.1, 0.15) is 11.6 Å². The van der Waals surface area contributed by atoms with Crippen molar-refractivity contribution < 1.29 is 9.13 Å². The van der Waals surface area contributed by atoms with E-state index in [2.05, 4.69) is 31.9 Å². The summed E-state index contributed by atoms with van der Waals surface area (Å²) >= 11 is 6.96. The number of rotatable bonds is 4. The van der Waals surface area contributed by atoms with E-state index in [1.807, 2.05) is 6.07 Å². The summed E-state index contributed by atoms with van der Waals surface area (Å²) in [4.78, 5) is 0.229. The summed E-state index contributed by atoms with van der Waals surface area (Å²) in [7, 11) is 1.58. The Hall–Kier alpha value is -0.0900. The van der Waals surface area contributed by atoms with Crippen LogP contribution in [0.2, 0.25) is 0 Å². The predicted octanol–water partition coefficient (Wildman–Crippen LogP) is 5.61. The van der Waals surface area contributed by atoms with Crippen LogP contribution in [0.1, 0.15) is 42.5 Å². The number of benzene rings is 1. The highest BCUT2D eigenvalue weighted by atomic mass is 79.9. The molecule has 100 valence electrons. The number of methoxy groups -OCH3 is 1. The minimum Gasteiger partial charge on any atom is -0.496 e. The summed E-state index contributed by atoms with van der Waals surface area (Å²) < 4.78 is 19.2. The molecule has 1 atom stereocenters. The summed E-state index contributed by atoms with van der Waals surface area (Å²) in [6.45, 7) is 0. The van der Waals surface area contributed by atoms with Crippen molar-refractivity contribution in [2.45, 2.75) is 36.9 Å². The maximum absolute atomic E-state index is 13.5. The van der Waals surface area contributed by atoms with E-state index < -0.39 is 0 Å². The quantitative estimate of drug-likeness (QED) is 0.617. The van der Waals surface area contributed by atoms with Crippen molar-refractivity contribution in [3.63, 3.8) is 0 Å². The van der Waals surface area contributed by atoms with E-state index in [0.717, 1.165) is 17.9 Å². The number of hydrogen-bond donors (Lipinski definition) is 0. The van der Waals surface area contributed by atoms with Crippen molar-refractivity contribution in [1.82, 2.24) is 0 Å². The minimum absolute atomic E-state index is 0.229. The highest BCUT2D eigenvalue weighted by Crippen LogP contribution is 2.41. The summed E-state index contributed by atoms with van der Waals surface area (Å²) in [6, 6.07) is 3.27. The fraction of sp³-hybridized carbons (Fsp3) is 0.571. The average molecular weight is 380 g/mol. The normalized spacial score (nSPS) is 18.0. The first-order chi connectivity index (χ1) is 8.61. The third-order valence-corrected chi connectivity index (χ3v) is 5.10. The van der Waals surface area contributed by atoms with Gasteiger partial charge in [0.15, 0.2) is 0 Å². The lowest BCUT2D eigenvalue weighted by Crippen LogP contribution is -2.02. The number of halogens is 3. The van der Waals surface area contributed by atoms with Crippen molar-refractivity contribution in [2.75, 3.05) is 7.11 Å². The van der Waals surface area contributed by atoms with Gasteiger partial charge in [-0.3, -0.25) is 0 Å². The van der Waals surface area contributed by atoms with Gasteiger partial charge in [-0.05, 0) is 34.3 Å². The molecule has 1 saturated carbocycles. The molecule has 1 unspecified atom stereocenters. The van der Waals surface area contributed by atoms with Crippen LogP contribution < -0.4 is 4.74 Å². The lowest BCUT2D eigenvalue weighted by atomic mass is 9.97. The SMILES string of the molecule is COc1cc(F)c(Br)cc1C(Br)CC1CCCC1. The van der Waals surface area contributed by atoms with Crippen LogP contribution in [0.25, 0.3) is 0 Å².